The standard InChI is InChI=1S/C18H24FN3O2/c19-16-5-3-4-15(12-16)13-17(23)22-10-8-20(9-11-22)14-18(24)21-6-1-2-7-21/h3-5,12H,1-2,6-11,13-14H2. The van der Waals surface area contributed by atoms with Crippen molar-refractivity contribution in [3.63, 3.8) is 0 Å². The van der Waals surface area contributed by atoms with E-state index in [0.717, 1.165) is 25.9 Å². The highest BCUT2D eigenvalue weighted by molar-refractivity contribution is 5.79. The van der Waals surface area contributed by atoms with Gasteiger partial charge < -0.3 is 9.80 Å². The molecule has 2 aliphatic rings. The molecule has 0 unspecified atom stereocenters. The molecule has 2 fully saturated rings. The maximum absolute atomic E-state index is 13.2. The van der Waals surface area contributed by atoms with E-state index in [1.54, 1.807) is 12.1 Å². The maximum atomic E-state index is 13.2. The molecular formula is C18H24FN3O2. The van der Waals surface area contributed by atoms with Gasteiger partial charge in [0.2, 0.25) is 11.8 Å². The zero-order valence-electron chi connectivity index (χ0n) is 13.9. The number of carbonyl (C=O) groups excluding carboxylic acids is 2. The van der Waals surface area contributed by atoms with Crippen molar-refractivity contribution in [3.05, 3.63) is 35.6 Å². The smallest absolute Gasteiger partial charge is 0.236 e. The summed E-state index contributed by atoms with van der Waals surface area (Å²) in [5, 5.41) is 0. The van der Waals surface area contributed by atoms with Crippen LogP contribution in [-0.2, 0) is 16.0 Å². The zero-order valence-corrected chi connectivity index (χ0v) is 13.9. The first-order valence-electron chi connectivity index (χ1n) is 8.64. The van der Waals surface area contributed by atoms with Crippen molar-refractivity contribution in [1.29, 1.82) is 0 Å². The molecule has 0 atom stereocenters. The number of halogens is 1. The second-order valence-electron chi connectivity index (χ2n) is 6.55. The molecular weight excluding hydrogens is 309 g/mol. The summed E-state index contributed by atoms with van der Waals surface area (Å²) in [6, 6.07) is 6.18. The predicted octanol–water partition coefficient (Wildman–Crippen LogP) is 1.13. The largest absolute Gasteiger partial charge is 0.342 e. The third-order valence-corrected chi connectivity index (χ3v) is 4.79. The van der Waals surface area contributed by atoms with Gasteiger partial charge in [0.25, 0.3) is 0 Å². The van der Waals surface area contributed by atoms with E-state index in [4.69, 9.17) is 0 Å². The van der Waals surface area contributed by atoms with Gasteiger partial charge in [0, 0.05) is 39.3 Å². The highest BCUT2D eigenvalue weighted by Crippen LogP contribution is 2.11. The number of amides is 2. The van der Waals surface area contributed by atoms with Crippen LogP contribution in [0.15, 0.2) is 24.3 Å². The highest BCUT2D eigenvalue weighted by atomic mass is 19.1. The van der Waals surface area contributed by atoms with Gasteiger partial charge in [0.1, 0.15) is 5.82 Å². The molecule has 0 bridgehead atoms. The SMILES string of the molecule is O=C(Cc1cccc(F)c1)N1CCN(CC(=O)N2CCCC2)CC1. The Labute approximate surface area is 142 Å². The minimum absolute atomic E-state index is 0.0196. The minimum atomic E-state index is -0.314. The van der Waals surface area contributed by atoms with Gasteiger partial charge >= 0.3 is 0 Å². The summed E-state index contributed by atoms with van der Waals surface area (Å²) in [7, 11) is 0. The Morgan fingerprint density at radius 1 is 0.917 bits per heavy atom. The van der Waals surface area contributed by atoms with Crippen molar-refractivity contribution in [1.82, 2.24) is 14.7 Å². The summed E-state index contributed by atoms with van der Waals surface area (Å²) in [4.78, 5) is 30.4. The molecule has 0 spiro atoms. The number of benzene rings is 1. The zero-order chi connectivity index (χ0) is 16.9. The number of likely N-dealkylation sites (tertiary alicyclic amines) is 1. The average molecular weight is 333 g/mol. The Morgan fingerprint density at radius 2 is 1.58 bits per heavy atom. The first kappa shape index (κ1) is 16.9. The predicted molar refractivity (Wildman–Crippen MR) is 88.9 cm³/mol. The molecule has 130 valence electrons. The summed E-state index contributed by atoms with van der Waals surface area (Å²) in [6.45, 7) is 4.90. The van der Waals surface area contributed by atoms with Crippen molar-refractivity contribution < 1.29 is 14.0 Å². The van der Waals surface area contributed by atoms with E-state index < -0.39 is 0 Å². The van der Waals surface area contributed by atoms with Crippen molar-refractivity contribution in [3.8, 4) is 0 Å². The van der Waals surface area contributed by atoms with Crippen molar-refractivity contribution >= 4 is 11.8 Å². The number of nitrogens with zero attached hydrogens (tertiary/aromatic N) is 3. The second-order valence-corrected chi connectivity index (χ2v) is 6.55. The van der Waals surface area contributed by atoms with Crippen LogP contribution in [0.5, 0.6) is 0 Å². The summed E-state index contributed by atoms with van der Waals surface area (Å²) >= 11 is 0. The number of piperazine rings is 1. The van der Waals surface area contributed by atoms with Crippen LogP contribution in [0.2, 0.25) is 0 Å². The maximum Gasteiger partial charge on any atom is 0.236 e. The van der Waals surface area contributed by atoms with E-state index in [9.17, 15) is 14.0 Å². The van der Waals surface area contributed by atoms with E-state index in [0.29, 0.717) is 38.3 Å². The summed E-state index contributed by atoms with van der Waals surface area (Å²) in [6.07, 6.45) is 2.44. The normalized spacial score (nSPS) is 18.9. The fraction of sp³-hybridized carbons (Fsp3) is 0.556. The fourth-order valence-electron chi connectivity index (χ4n) is 3.35. The summed E-state index contributed by atoms with van der Waals surface area (Å²) < 4.78 is 13.2. The molecule has 0 N–H and O–H groups in total. The van der Waals surface area contributed by atoms with E-state index in [1.165, 1.54) is 12.1 Å². The van der Waals surface area contributed by atoms with E-state index in [1.807, 2.05) is 9.80 Å². The molecule has 2 amide bonds. The van der Waals surface area contributed by atoms with Gasteiger partial charge in [0.15, 0.2) is 0 Å². The van der Waals surface area contributed by atoms with Gasteiger partial charge in [-0.3, -0.25) is 14.5 Å². The fourth-order valence-corrected chi connectivity index (χ4v) is 3.35. The van der Waals surface area contributed by atoms with Gasteiger partial charge in [-0.15, -0.1) is 0 Å². The Hall–Kier alpha value is -1.95. The van der Waals surface area contributed by atoms with Crippen LogP contribution >= 0.6 is 0 Å². The van der Waals surface area contributed by atoms with Gasteiger partial charge in [0.05, 0.1) is 13.0 Å². The van der Waals surface area contributed by atoms with Crippen molar-refractivity contribution in [2.45, 2.75) is 19.3 Å². The molecule has 5 nitrogen and oxygen atoms in total. The van der Waals surface area contributed by atoms with Crippen molar-refractivity contribution in [2.24, 2.45) is 0 Å². The van der Waals surface area contributed by atoms with Gasteiger partial charge in [-0.05, 0) is 30.5 Å². The van der Waals surface area contributed by atoms with Crippen LogP contribution in [0.4, 0.5) is 4.39 Å². The van der Waals surface area contributed by atoms with Gasteiger partial charge in [-0.2, -0.15) is 0 Å². The molecule has 2 heterocycles. The third-order valence-electron chi connectivity index (χ3n) is 4.79. The number of hydrogen-bond acceptors (Lipinski definition) is 3. The van der Waals surface area contributed by atoms with E-state index in [-0.39, 0.29) is 24.1 Å². The van der Waals surface area contributed by atoms with Gasteiger partial charge in [-0.1, -0.05) is 12.1 Å². The Kier molecular flexibility index (Phi) is 5.45. The molecule has 0 saturated carbocycles. The molecule has 0 radical (unpaired) electrons. The monoisotopic (exact) mass is 333 g/mol. The van der Waals surface area contributed by atoms with Crippen LogP contribution in [0, 0.1) is 5.82 Å². The topological polar surface area (TPSA) is 43.9 Å². The van der Waals surface area contributed by atoms with Crippen LogP contribution in [0.3, 0.4) is 0 Å². The van der Waals surface area contributed by atoms with E-state index >= 15 is 0 Å². The molecule has 1 aromatic rings. The molecule has 24 heavy (non-hydrogen) atoms. The van der Waals surface area contributed by atoms with Crippen LogP contribution in [0.1, 0.15) is 18.4 Å². The molecule has 0 aliphatic carbocycles. The quantitative estimate of drug-likeness (QED) is 0.830. The molecule has 2 aliphatic heterocycles. The molecule has 6 heteroatoms. The van der Waals surface area contributed by atoms with Crippen molar-refractivity contribution in [2.75, 3.05) is 45.8 Å². The third kappa shape index (κ3) is 4.32. The first-order valence-corrected chi connectivity index (χ1v) is 8.64. The first-order chi connectivity index (χ1) is 11.6. The average Bonchev–Trinajstić information content (AvgIpc) is 3.10. The Bertz CT molecular complexity index is 594. The lowest BCUT2D eigenvalue weighted by Gasteiger charge is -2.35. The lowest BCUT2D eigenvalue weighted by Crippen LogP contribution is -2.51. The number of carbonyl (C=O) groups is 2. The molecule has 0 aromatic heterocycles. The van der Waals surface area contributed by atoms with Crippen LogP contribution in [0.25, 0.3) is 0 Å². The summed E-state index contributed by atoms with van der Waals surface area (Å²) in [5.41, 5.74) is 0.701. The number of hydrogen-bond donors (Lipinski definition) is 0. The minimum Gasteiger partial charge on any atom is -0.342 e. The van der Waals surface area contributed by atoms with Crippen LogP contribution < -0.4 is 0 Å². The molecule has 3 rings (SSSR count). The summed E-state index contributed by atoms with van der Waals surface area (Å²) in [5.74, 6) is -0.0938. The molecule has 2 saturated heterocycles. The Balaban J connectivity index is 1.44. The molecule has 1 aromatic carbocycles. The van der Waals surface area contributed by atoms with Gasteiger partial charge in [-0.25, -0.2) is 4.39 Å². The van der Waals surface area contributed by atoms with E-state index in [2.05, 4.69) is 4.90 Å². The highest BCUT2D eigenvalue weighted by Gasteiger charge is 2.25. The second kappa shape index (κ2) is 7.75. The Morgan fingerprint density at radius 3 is 2.25 bits per heavy atom. The lowest BCUT2D eigenvalue weighted by molar-refractivity contribution is -0.134. The number of rotatable bonds is 4. The lowest BCUT2D eigenvalue weighted by atomic mass is 10.1. The van der Waals surface area contributed by atoms with Crippen LogP contribution in [-0.4, -0.2) is 72.3 Å².